The Labute approximate surface area is 225 Å². The number of nitrogens with zero attached hydrogens (tertiary/aromatic N) is 5. The van der Waals surface area contributed by atoms with Crippen molar-refractivity contribution in [2.75, 3.05) is 36.1 Å². The first-order valence-electron chi connectivity index (χ1n) is 13.7. The molecule has 0 aromatic carbocycles. The van der Waals surface area contributed by atoms with E-state index in [1.54, 1.807) is 12.4 Å². The number of hydrogen-bond acceptors (Lipinski definition) is 7. The summed E-state index contributed by atoms with van der Waals surface area (Å²) in [6.45, 7) is 12.6. The van der Waals surface area contributed by atoms with Crippen LogP contribution in [0.4, 0.5) is 11.5 Å². The van der Waals surface area contributed by atoms with Gasteiger partial charge in [0.25, 0.3) is 0 Å². The summed E-state index contributed by atoms with van der Waals surface area (Å²) in [5, 5.41) is 8.99. The molecule has 1 amide bonds. The molecule has 1 saturated heterocycles. The molecule has 8 heteroatoms. The van der Waals surface area contributed by atoms with Crippen LogP contribution >= 0.6 is 0 Å². The van der Waals surface area contributed by atoms with Crippen molar-refractivity contribution in [1.82, 2.24) is 15.0 Å². The number of carbonyl (C=O) groups is 1. The molecule has 1 N–H and O–H groups in total. The highest BCUT2D eigenvalue weighted by Crippen LogP contribution is 2.43. The molecule has 2 aliphatic heterocycles. The van der Waals surface area contributed by atoms with Crippen LogP contribution in [-0.4, -0.2) is 58.3 Å². The fourth-order valence-corrected chi connectivity index (χ4v) is 5.10. The first-order valence-corrected chi connectivity index (χ1v) is 13.7. The number of ether oxygens (including phenoxy) is 1. The van der Waals surface area contributed by atoms with Crippen molar-refractivity contribution in [3.8, 4) is 17.0 Å². The third kappa shape index (κ3) is 5.80. The van der Waals surface area contributed by atoms with E-state index in [1.807, 2.05) is 44.0 Å². The molecule has 202 valence electrons. The molecule has 8 nitrogen and oxygen atoms in total. The van der Waals surface area contributed by atoms with Gasteiger partial charge < -0.3 is 14.7 Å². The van der Waals surface area contributed by atoms with E-state index in [2.05, 4.69) is 40.8 Å². The minimum absolute atomic E-state index is 0.0127. The van der Waals surface area contributed by atoms with Crippen molar-refractivity contribution >= 4 is 17.4 Å². The van der Waals surface area contributed by atoms with Crippen molar-refractivity contribution in [1.29, 1.82) is 0 Å². The van der Waals surface area contributed by atoms with Gasteiger partial charge in [-0.15, -0.1) is 0 Å². The molecule has 1 atom stereocenters. The van der Waals surface area contributed by atoms with Gasteiger partial charge in [0, 0.05) is 49.8 Å². The fourth-order valence-electron chi connectivity index (χ4n) is 5.10. The van der Waals surface area contributed by atoms with Crippen molar-refractivity contribution in [3.05, 3.63) is 59.7 Å². The molecule has 0 aliphatic carbocycles. The maximum Gasteiger partial charge on any atom is 0.233 e. The Morgan fingerprint density at radius 2 is 2.03 bits per heavy atom. The average Bonchev–Trinajstić information content (AvgIpc) is 3.34. The number of aromatic nitrogens is 3. The van der Waals surface area contributed by atoms with Crippen molar-refractivity contribution in [3.63, 3.8) is 0 Å². The summed E-state index contributed by atoms with van der Waals surface area (Å²) in [5.41, 5.74) is 5.88. The zero-order valence-electron chi connectivity index (χ0n) is 23.1. The lowest BCUT2D eigenvalue weighted by molar-refractivity contribution is -0.118. The van der Waals surface area contributed by atoms with Crippen LogP contribution in [0.3, 0.4) is 0 Å². The van der Waals surface area contributed by atoms with Gasteiger partial charge in [0.2, 0.25) is 5.91 Å². The van der Waals surface area contributed by atoms with Crippen LogP contribution in [0.15, 0.2) is 42.9 Å². The van der Waals surface area contributed by atoms with Gasteiger partial charge in [-0.2, -0.15) is 0 Å². The Morgan fingerprint density at radius 3 is 2.76 bits per heavy atom. The van der Waals surface area contributed by atoms with Crippen LogP contribution in [0, 0.1) is 6.92 Å². The van der Waals surface area contributed by atoms with E-state index >= 15 is 0 Å². The first-order chi connectivity index (χ1) is 18.4. The van der Waals surface area contributed by atoms with Crippen molar-refractivity contribution in [2.24, 2.45) is 0 Å². The lowest BCUT2D eigenvalue weighted by atomic mass is 9.95. The monoisotopic (exact) mass is 517 g/mol. The van der Waals surface area contributed by atoms with Gasteiger partial charge in [0.1, 0.15) is 5.75 Å². The Bertz CT molecular complexity index is 1260. The molecule has 5 rings (SSSR count). The van der Waals surface area contributed by atoms with Gasteiger partial charge in [0.05, 0.1) is 36.6 Å². The number of hydrogen-bond donors (Lipinski definition) is 1. The summed E-state index contributed by atoms with van der Waals surface area (Å²) >= 11 is 0. The summed E-state index contributed by atoms with van der Waals surface area (Å²) in [6.07, 6.45) is 6.85. The summed E-state index contributed by atoms with van der Waals surface area (Å²) in [4.78, 5) is 31.8. The first kappa shape index (κ1) is 27.5. The number of anilines is 2. The summed E-state index contributed by atoms with van der Waals surface area (Å²) in [5.74, 6) is 1.65. The number of carbonyl (C=O) groups excluding carboxylic acids is 1. The summed E-state index contributed by atoms with van der Waals surface area (Å²) in [6, 6.07) is 8.24. The Morgan fingerprint density at radius 1 is 1.21 bits per heavy atom. The second kappa shape index (κ2) is 12.3. The number of aryl methyl sites for hydroxylation is 1. The van der Waals surface area contributed by atoms with Gasteiger partial charge in [-0.05, 0) is 54.7 Å². The molecule has 1 unspecified atom stereocenters. The quantitative estimate of drug-likeness (QED) is 0.424. The molecule has 1 fully saturated rings. The molecule has 2 aliphatic rings. The summed E-state index contributed by atoms with van der Waals surface area (Å²) < 4.78 is 5.66. The molecule has 0 radical (unpaired) electrons. The number of pyridine rings is 3. The van der Waals surface area contributed by atoms with E-state index in [-0.39, 0.29) is 30.9 Å². The SMILES string of the molecule is CC.Cc1cc(-c2nc3c(cc2C(C)C)N2CCC(C2)N3C(=O)Cc2cncc(OCCCO)c2)ccn1. The van der Waals surface area contributed by atoms with E-state index in [4.69, 9.17) is 14.8 Å². The van der Waals surface area contributed by atoms with Crippen molar-refractivity contribution < 1.29 is 14.6 Å². The third-order valence-electron chi connectivity index (χ3n) is 6.87. The van der Waals surface area contributed by atoms with Crippen LogP contribution in [-0.2, 0) is 11.2 Å². The number of amides is 1. The minimum atomic E-state index is 0.0127. The topological polar surface area (TPSA) is 91.7 Å². The molecule has 2 bridgehead atoms. The van der Waals surface area contributed by atoms with Gasteiger partial charge in [-0.3, -0.25) is 19.7 Å². The lowest BCUT2D eigenvalue weighted by Gasteiger charge is -2.37. The second-order valence-corrected chi connectivity index (χ2v) is 9.89. The maximum atomic E-state index is 13.8. The normalized spacial score (nSPS) is 15.7. The molecule has 3 aromatic heterocycles. The largest absolute Gasteiger partial charge is 0.492 e. The van der Waals surface area contributed by atoms with Gasteiger partial charge >= 0.3 is 0 Å². The Kier molecular flexibility index (Phi) is 8.94. The predicted octanol–water partition coefficient (Wildman–Crippen LogP) is 4.93. The molecule has 0 saturated carbocycles. The smallest absolute Gasteiger partial charge is 0.233 e. The molecule has 3 aromatic rings. The highest BCUT2D eigenvalue weighted by Gasteiger charge is 2.40. The summed E-state index contributed by atoms with van der Waals surface area (Å²) in [7, 11) is 0. The number of rotatable bonds is 8. The zero-order chi connectivity index (χ0) is 27.2. The van der Waals surface area contributed by atoms with Crippen LogP contribution in [0.2, 0.25) is 0 Å². The van der Waals surface area contributed by atoms with Crippen LogP contribution in [0.1, 0.15) is 63.3 Å². The van der Waals surface area contributed by atoms with Crippen LogP contribution in [0.5, 0.6) is 5.75 Å². The number of aliphatic hydroxyl groups is 1. The minimum Gasteiger partial charge on any atom is -0.492 e. The third-order valence-corrected chi connectivity index (χ3v) is 6.87. The van der Waals surface area contributed by atoms with Crippen LogP contribution in [0.25, 0.3) is 11.3 Å². The lowest BCUT2D eigenvalue weighted by Crippen LogP contribution is -2.47. The van der Waals surface area contributed by atoms with Crippen molar-refractivity contribution in [2.45, 2.75) is 65.8 Å². The van der Waals surface area contributed by atoms with Gasteiger partial charge in [0.15, 0.2) is 5.82 Å². The molecular formula is C30H39N5O3. The van der Waals surface area contributed by atoms with Gasteiger partial charge in [-0.25, -0.2) is 4.98 Å². The Balaban J connectivity index is 0.00000164. The number of aliphatic hydroxyl groups excluding tert-OH is 1. The highest BCUT2D eigenvalue weighted by molar-refractivity contribution is 5.99. The second-order valence-electron chi connectivity index (χ2n) is 9.89. The average molecular weight is 518 g/mol. The number of fused-ring (bicyclic) bond motifs is 4. The highest BCUT2D eigenvalue weighted by atomic mass is 16.5. The molecule has 0 spiro atoms. The molecule has 5 heterocycles. The molecule has 38 heavy (non-hydrogen) atoms. The zero-order valence-corrected chi connectivity index (χ0v) is 23.1. The predicted molar refractivity (Wildman–Crippen MR) is 151 cm³/mol. The fraction of sp³-hybridized carbons (Fsp3) is 0.467. The van der Waals surface area contributed by atoms with E-state index in [9.17, 15) is 4.79 Å². The molecular weight excluding hydrogens is 478 g/mol. The van der Waals surface area contributed by atoms with Crippen LogP contribution < -0.4 is 14.5 Å². The van der Waals surface area contributed by atoms with E-state index < -0.39 is 0 Å². The standard InChI is InChI=1S/C28H33N5O3.C2H6/c1-18(2)24-14-25-28(31-27(24)21-5-7-30-19(3)11-21)33(22-6-8-32(25)17-22)26(35)13-20-12-23(16-29-15-20)36-10-4-9-34;1-2/h5,7,11-12,14-16,18,22,34H,4,6,8-10,13,17H2,1-3H3;1-2H3. The Hall–Kier alpha value is -3.52. The van der Waals surface area contributed by atoms with E-state index in [1.165, 1.54) is 5.56 Å². The van der Waals surface area contributed by atoms with E-state index in [0.29, 0.717) is 18.8 Å². The maximum absolute atomic E-state index is 13.8. The van der Waals surface area contributed by atoms with E-state index in [0.717, 1.165) is 53.5 Å². The van der Waals surface area contributed by atoms with Gasteiger partial charge in [-0.1, -0.05) is 27.7 Å².